The number of azo groups is 2. The van der Waals surface area contributed by atoms with Crippen LogP contribution in [0.2, 0.25) is 0 Å². The van der Waals surface area contributed by atoms with Crippen LogP contribution in [0.1, 0.15) is 18.6 Å². The molecule has 0 aliphatic rings. The Labute approximate surface area is 397 Å². The second-order valence-electron chi connectivity index (χ2n) is 13.7. The normalized spacial score (nSPS) is 12.3. The zero-order chi connectivity index (χ0) is 52.0. The summed E-state index contributed by atoms with van der Waals surface area (Å²) in [5.41, 5.74) is -3.93. The lowest BCUT2D eigenvalue weighted by Gasteiger charge is -2.23. The van der Waals surface area contributed by atoms with Crippen LogP contribution in [0.4, 0.5) is 71.3 Å². The van der Waals surface area contributed by atoms with Gasteiger partial charge in [0.15, 0.2) is 5.75 Å². The van der Waals surface area contributed by atoms with Gasteiger partial charge in [-0.25, -0.2) is 8.78 Å². The summed E-state index contributed by atoms with van der Waals surface area (Å²) in [6.45, 7) is 0. The Morgan fingerprint density at radius 1 is 0.592 bits per heavy atom. The molecule has 0 bridgehead atoms. The van der Waals surface area contributed by atoms with E-state index in [0.717, 1.165) is 18.2 Å². The number of nitrogens with two attached hydrogens (primary N) is 1. The molecule has 6 rings (SSSR count). The third kappa shape index (κ3) is 11.2. The molecular formula is C37H27F2N11O17S4. The van der Waals surface area contributed by atoms with Gasteiger partial charge in [0.2, 0.25) is 0 Å². The Morgan fingerprint density at radius 3 is 1.35 bits per heavy atom. The molecule has 0 aromatic heterocycles. The van der Waals surface area contributed by atoms with E-state index in [1.54, 1.807) is 0 Å². The maximum Gasteiger partial charge on any atom is 0.296 e. The molecule has 0 amide bonds. The molecule has 34 heteroatoms. The van der Waals surface area contributed by atoms with Crippen molar-refractivity contribution in [1.82, 2.24) is 0 Å². The van der Waals surface area contributed by atoms with E-state index in [0.29, 0.717) is 54.6 Å². The van der Waals surface area contributed by atoms with Gasteiger partial charge >= 0.3 is 0 Å². The number of hydrogen-bond acceptors (Lipinski definition) is 23. The fourth-order valence-electron chi connectivity index (χ4n) is 6.22. The Bertz CT molecular complexity index is 3790. The molecule has 0 fully saturated rings. The highest BCUT2D eigenvalue weighted by Gasteiger charge is 2.31. The van der Waals surface area contributed by atoms with Crippen molar-refractivity contribution in [2.75, 3.05) is 16.4 Å². The fourth-order valence-corrected chi connectivity index (χ4v) is 8.78. The number of phenols is 1. The van der Waals surface area contributed by atoms with E-state index in [4.69, 9.17) is 16.3 Å². The molecule has 28 nitrogen and oxygen atoms in total. The third-order valence-electron chi connectivity index (χ3n) is 9.24. The van der Waals surface area contributed by atoms with Crippen molar-refractivity contribution in [1.29, 1.82) is 10.5 Å². The van der Waals surface area contributed by atoms with Crippen LogP contribution in [0, 0.1) is 54.5 Å². The van der Waals surface area contributed by atoms with Crippen LogP contribution in [0.5, 0.6) is 5.75 Å². The molecule has 71 heavy (non-hydrogen) atoms. The van der Waals surface area contributed by atoms with E-state index < -0.39 is 161 Å². The maximum absolute atomic E-state index is 14.5. The number of fused-ring (bicyclic) bond motifs is 1. The van der Waals surface area contributed by atoms with Crippen molar-refractivity contribution in [3.63, 3.8) is 0 Å². The number of nitro groups is 2. The molecule has 0 spiro atoms. The van der Waals surface area contributed by atoms with Crippen molar-refractivity contribution >= 4 is 115 Å². The summed E-state index contributed by atoms with van der Waals surface area (Å²) in [6.07, 6.45) is 0. The Kier molecular flexibility index (Phi) is 14.7. The number of nitriles is 2. The molecule has 6 aromatic carbocycles. The molecule has 370 valence electrons. The van der Waals surface area contributed by atoms with Crippen LogP contribution in [-0.4, -0.2) is 67.5 Å². The molecule has 0 heterocycles. The first-order valence-corrected chi connectivity index (χ1v) is 23.7. The van der Waals surface area contributed by atoms with Gasteiger partial charge in [-0.15, -0.1) is 20.5 Å². The van der Waals surface area contributed by atoms with Gasteiger partial charge < -0.3 is 35.1 Å². The van der Waals surface area contributed by atoms with Crippen molar-refractivity contribution in [2.45, 2.75) is 27.0 Å². The van der Waals surface area contributed by atoms with Crippen molar-refractivity contribution in [2.24, 2.45) is 20.5 Å². The predicted molar refractivity (Wildman–Crippen MR) is 243 cm³/mol. The number of anilines is 5. The molecule has 0 saturated carbocycles. The van der Waals surface area contributed by atoms with Crippen molar-refractivity contribution < 1.29 is 76.3 Å². The molecule has 6 aromatic rings. The van der Waals surface area contributed by atoms with Gasteiger partial charge in [-0.1, -0.05) is 7.43 Å². The van der Waals surface area contributed by atoms with Gasteiger partial charge in [0, 0.05) is 35.6 Å². The smallest absolute Gasteiger partial charge is 0.296 e. The summed E-state index contributed by atoms with van der Waals surface area (Å²) in [7, 11) is -21.2. The summed E-state index contributed by atoms with van der Waals surface area (Å²) in [6, 6.07) is 10.6. The average Bonchev–Trinajstić information content (AvgIpc) is 3.24. The van der Waals surface area contributed by atoms with Gasteiger partial charge in [-0.05, 0) is 53.9 Å². The number of nitrogen functional groups attached to an aromatic ring is 1. The second-order valence-corrected chi connectivity index (χ2v) is 19.3. The SMILES string of the molecule is C.N#Cc1cc([N+](=O)[O-])c(Nc2ccc(S(=O)(=O)O)c(N=Nc3c(S(O)(O)O)cc4cc(S(=O)(=O)O)c(N=Nc5cc(Nc6cc(F)c(C#N)cc6[N+](=O)[O-])ccc5S(=O)(=O)O)c(O)c4c3N)c2)cc1F. The van der Waals surface area contributed by atoms with Crippen molar-refractivity contribution in [3.05, 3.63) is 116 Å². The first-order valence-electron chi connectivity index (χ1n) is 17.9. The number of benzene rings is 6. The van der Waals surface area contributed by atoms with Crippen molar-refractivity contribution in [3.8, 4) is 17.9 Å². The lowest BCUT2D eigenvalue weighted by atomic mass is 10.1. The zero-order valence-corrected chi connectivity index (χ0v) is 37.0. The fraction of sp³-hybridized carbons (Fsp3) is 0.0270. The minimum absolute atomic E-state index is 0. The second kappa shape index (κ2) is 19.5. The Hall–Kier alpha value is -8.42. The summed E-state index contributed by atoms with van der Waals surface area (Å²) in [4.78, 5) is 16.7. The molecular weight excluding hydrogens is 1040 g/mol. The number of hydrogen-bond donors (Lipinski definition) is 10. The largest absolute Gasteiger partial charge is 0.505 e. The van der Waals surface area contributed by atoms with Crippen LogP contribution in [-0.2, 0) is 30.4 Å². The lowest BCUT2D eigenvalue weighted by molar-refractivity contribution is -0.384. The number of nitrogens with one attached hydrogen (secondary N) is 2. The minimum atomic E-state index is -5.58. The van der Waals surface area contributed by atoms with E-state index in [1.807, 2.05) is 0 Å². The predicted octanol–water partition coefficient (Wildman–Crippen LogP) is 9.24. The summed E-state index contributed by atoms with van der Waals surface area (Å²) in [5, 5.41) is 70.9. The molecule has 0 radical (unpaired) electrons. The average molecular weight is 1060 g/mol. The Balaban J connectivity index is 0.00000937. The molecule has 11 N–H and O–H groups in total. The summed E-state index contributed by atoms with van der Waals surface area (Å²) in [5.74, 6) is -3.85. The number of aromatic hydroxyl groups is 1. The topological polar surface area (TPSA) is 477 Å². The molecule has 0 aliphatic carbocycles. The van der Waals surface area contributed by atoms with E-state index in [9.17, 15) is 86.7 Å². The maximum atomic E-state index is 14.5. The molecule has 0 unspecified atom stereocenters. The van der Waals surface area contributed by atoms with Crippen LogP contribution in [0.25, 0.3) is 10.8 Å². The molecule has 0 atom stereocenters. The number of rotatable bonds is 14. The number of nitro benzene ring substituents is 2. The van der Waals surface area contributed by atoms with Crippen LogP contribution >= 0.6 is 10.9 Å². The highest BCUT2D eigenvalue weighted by molar-refractivity contribution is 8.19. The first kappa shape index (κ1) is 53.5. The highest BCUT2D eigenvalue weighted by atomic mass is 32.3. The van der Waals surface area contributed by atoms with Gasteiger partial charge in [0.1, 0.15) is 83.5 Å². The number of phenolic OH excluding ortho intramolecular Hbond substituents is 1. The first-order chi connectivity index (χ1) is 32.4. The quantitative estimate of drug-likeness (QED) is 0.0160. The van der Waals surface area contributed by atoms with E-state index in [2.05, 4.69) is 31.1 Å². The lowest BCUT2D eigenvalue weighted by Crippen LogP contribution is -2.03. The number of halogens is 2. The van der Waals surface area contributed by atoms with E-state index in [1.165, 1.54) is 12.1 Å². The van der Waals surface area contributed by atoms with Gasteiger partial charge in [-0.2, -0.15) is 35.8 Å². The van der Waals surface area contributed by atoms with Gasteiger partial charge in [-0.3, -0.25) is 33.9 Å². The molecule has 0 aliphatic heterocycles. The van der Waals surface area contributed by atoms with Gasteiger partial charge in [0.25, 0.3) is 41.7 Å². The highest BCUT2D eigenvalue weighted by Crippen LogP contribution is 2.56. The van der Waals surface area contributed by atoms with Crippen LogP contribution < -0.4 is 16.4 Å². The standard InChI is InChI=1S/C36H23F2N11O17S4.CH4/c37-20-11-22(26(48(51)52)5-16(20)13-39)42-18-1-3-28(67(55,56)57)24(9-18)44-46-34-30(69(61,62)63)7-15-8-31(70(64,65)66)35(36(50)32(15)33(34)41)47-45-25-10-19(2-4-29(25)68(58,59)60)43-23-12-21(38)17(14-40)6-27(23)49(53)54;/h1-12,42-43,50,61-63H,41H2,(H,55,56,57)(H,58,59,60)(H,64,65,66);1H4. The number of nitrogens with zero attached hydrogens (tertiary/aromatic N) is 8. The molecule has 0 saturated heterocycles. The van der Waals surface area contributed by atoms with E-state index in [-0.39, 0.29) is 18.8 Å². The monoisotopic (exact) mass is 1060 g/mol. The minimum Gasteiger partial charge on any atom is -0.505 e. The zero-order valence-electron chi connectivity index (χ0n) is 33.7. The van der Waals surface area contributed by atoms with Gasteiger partial charge in [0.05, 0.1) is 36.9 Å². The van der Waals surface area contributed by atoms with Crippen LogP contribution in [0.15, 0.2) is 113 Å². The summed E-state index contributed by atoms with van der Waals surface area (Å²) >= 11 is 0. The Morgan fingerprint density at radius 2 is 0.986 bits per heavy atom. The summed E-state index contributed by atoms with van der Waals surface area (Å²) < 4.78 is 165. The van der Waals surface area contributed by atoms with Crippen LogP contribution in [0.3, 0.4) is 0 Å². The van der Waals surface area contributed by atoms with E-state index >= 15 is 0 Å². The third-order valence-corrected chi connectivity index (χ3v) is 12.8.